The fraction of sp³-hybridized carbons (Fsp3) is 0.353. The summed E-state index contributed by atoms with van der Waals surface area (Å²) < 4.78 is 27.2. The van der Waals surface area contributed by atoms with Crippen molar-refractivity contribution in [1.82, 2.24) is 19.9 Å². The molecule has 1 N–H and O–H groups in total. The standard InChI is InChI=1S/C17H16F2N4O2S/c18-23(19)17(25)16-21-14(11-9-20-22-8-4-3-6-12(11)22)15(26-16)10-5-1-2-7-13(10)24/h3-4,6,8-10,13,24H,1-2,5,7H2. The van der Waals surface area contributed by atoms with E-state index in [1.54, 1.807) is 16.9 Å². The van der Waals surface area contributed by atoms with Gasteiger partial charge >= 0.3 is 5.91 Å². The van der Waals surface area contributed by atoms with Gasteiger partial charge in [0, 0.05) is 27.9 Å². The molecule has 4 rings (SSSR count). The lowest BCUT2D eigenvalue weighted by molar-refractivity contribution is -0.108. The van der Waals surface area contributed by atoms with E-state index in [-0.39, 0.29) is 10.9 Å². The summed E-state index contributed by atoms with van der Waals surface area (Å²) >= 11 is 0.934. The van der Waals surface area contributed by atoms with Gasteiger partial charge in [-0.3, -0.25) is 4.79 Å². The van der Waals surface area contributed by atoms with Crippen LogP contribution in [0.2, 0.25) is 0 Å². The summed E-state index contributed by atoms with van der Waals surface area (Å²) in [5.74, 6) is -1.66. The normalized spacial score (nSPS) is 20.4. The number of thiazole rings is 1. The number of nitrogens with zero attached hydrogens (tertiary/aromatic N) is 4. The fourth-order valence-corrected chi connectivity index (χ4v) is 4.65. The number of rotatable bonds is 3. The van der Waals surface area contributed by atoms with Gasteiger partial charge in [0.1, 0.15) is 0 Å². The first-order chi connectivity index (χ1) is 12.6. The smallest absolute Gasteiger partial charge is 0.342 e. The lowest BCUT2D eigenvalue weighted by Gasteiger charge is -2.27. The minimum Gasteiger partial charge on any atom is -0.392 e. The summed E-state index contributed by atoms with van der Waals surface area (Å²) in [5, 5.41) is 13.0. The molecule has 3 heterocycles. The van der Waals surface area contributed by atoms with Crippen molar-refractivity contribution in [2.45, 2.75) is 37.7 Å². The fourth-order valence-electron chi connectivity index (χ4n) is 3.47. The Labute approximate surface area is 151 Å². The minimum atomic E-state index is -1.46. The Morgan fingerprint density at radius 1 is 1.31 bits per heavy atom. The van der Waals surface area contributed by atoms with Crippen molar-refractivity contribution in [3.63, 3.8) is 0 Å². The van der Waals surface area contributed by atoms with Gasteiger partial charge in [0.05, 0.1) is 23.5 Å². The number of aliphatic hydroxyl groups excluding tert-OH is 1. The van der Waals surface area contributed by atoms with Crippen LogP contribution in [-0.2, 0) is 0 Å². The summed E-state index contributed by atoms with van der Waals surface area (Å²) in [4.78, 5) is 16.6. The van der Waals surface area contributed by atoms with Crippen LogP contribution in [0.15, 0.2) is 30.6 Å². The zero-order valence-corrected chi connectivity index (χ0v) is 14.5. The van der Waals surface area contributed by atoms with Crippen LogP contribution < -0.4 is 0 Å². The molecule has 6 nitrogen and oxygen atoms in total. The summed E-state index contributed by atoms with van der Waals surface area (Å²) in [5.41, 5.74) is 1.88. The molecule has 2 atom stereocenters. The maximum absolute atomic E-state index is 12.8. The van der Waals surface area contributed by atoms with Gasteiger partial charge in [0.25, 0.3) is 0 Å². The Bertz CT molecular complexity index is 955. The maximum Gasteiger partial charge on any atom is 0.342 e. The molecule has 9 heteroatoms. The highest BCUT2D eigenvalue weighted by Crippen LogP contribution is 2.42. The lowest BCUT2D eigenvalue weighted by Crippen LogP contribution is -2.22. The molecule has 0 aromatic carbocycles. The number of carbonyl (C=O) groups is 1. The second-order valence-corrected chi connectivity index (χ2v) is 7.35. The highest BCUT2D eigenvalue weighted by molar-refractivity contribution is 7.14. The molecule has 1 saturated carbocycles. The predicted octanol–water partition coefficient (Wildman–Crippen LogP) is 3.69. The molecule has 0 bridgehead atoms. The zero-order valence-electron chi connectivity index (χ0n) is 13.7. The van der Waals surface area contributed by atoms with E-state index >= 15 is 0 Å². The van der Waals surface area contributed by atoms with Gasteiger partial charge in [0.15, 0.2) is 5.01 Å². The van der Waals surface area contributed by atoms with Gasteiger partial charge in [0.2, 0.25) is 0 Å². The molecule has 26 heavy (non-hydrogen) atoms. The van der Waals surface area contributed by atoms with Crippen molar-refractivity contribution >= 4 is 22.8 Å². The highest BCUT2D eigenvalue weighted by atomic mass is 32.1. The van der Waals surface area contributed by atoms with Crippen molar-refractivity contribution in [3.05, 3.63) is 40.5 Å². The Kier molecular flexibility index (Phi) is 4.41. The molecular weight excluding hydrogens is 362 g/mol. The van der Waals surface area contributed by atoms with Crippen LogP contribution in [0.3, 0.4) is 0 Å². The third-order valence-corrected chi connectivity index (χ3v) is 5.91. The average Bonchev–Trinajstić information content (AvgIpc) is 3.25. The van der Waals surface area contributed by atoms with Gasteiger partial charge < -0.3 is 5.11 Å². The Morgan fingerprint density at radius 2 is 2.12 bits per heavy atom. The molecule has 1 aliphatic rings. The third kappa shape index (κ3) is 2.86. The van der Waals surface area contributed by atoms with Crippen molar-refractivity contribution < 1.29 is 18.9 Å². The second-order valence-electron chi connectivity index (χ2n) is 6.32. The van der Waals surface area contributed by atoms with Gasteiger partial charge in [-0.15, -0.1) is 11.3 Å². The van der Waals surface area contributed by atoms with E-state index in [2.05, 4.69) is 10.1 Å². The van der Waals surface area contributed by atoms with Crippen LogP contribution in [0.4, 0.5) is 8.96 Å². The van der Waals surface area contributed by atoms with Crippen LogP contribution in [-0.4, -0.2) is 37.1 Å². The molecule has 1 amide bonds. The van der Waals surface area contributed by atoms with Crippen LogP contribution in [0.5, 0.6) is 0 Å². The van der Waals surface area contributed by atoms with Gasteiger partial charge in [-0.1, -0.05) is 27.9 Å². The Balaban J connectivity index is 1.87. The molecule has 0 spiro atoms. The topological polar surface area (TPSA) is 70.7 Å². The van der Waals surface area contributed by atoms with Crippen LogP contribution in [0.1, 0.15) is 46.3 Å². The van der Waals surface area contributed by atoms with Crippen LogP contribution >= 0.6 is 11.3 Å². The van der Waals surface area contributed by atoms with Gasteiger partial charge in [-0.05, 0) is 25.0 Å². The number of amides is 1. The van der Waals surface area contributed by atoms with E-state index in [9.17, 15) is 18.9 Å². The van der Waals surface area contributed by atoms with E-state index in [4.69, 9.17) is 0 Å². The minimum absolute atomic E-state index is 0.218. The first-order valence-electron chi connectivity index (χ1n) is 8.34. The molecule has 0 saturated heterocycles. The second kappa shape index (κ2) is 6.73. The van der Waals surface area contributed by atoms with Crippen molar-refractivity contribution in [2.75, 3.05) is 0 Å². The summed E-state index contributed by atoms with van der Waals surface area (Å²) in [6, 6.07) is 5.52. The van der Waals surface area contributed by atoms with E-state index in [1.807, 2.05) is 18.2 Å². The Morgan fingerprint density at radius 3 is 2.88 bits per heavy atom. The third-order valence-electron chi connectivity index (χ3n) is 4.74. The van der Waals surface area contributed by atoms with Crippen molar-refractivity contribution in [2.24, 2.45) is 0 Å². The number of carbonyl (C=O) groups excluding carboxylic acids is 1. The molecule has 3 aromatic rings. The summed E-state index contributed by atoms with van der Waals surface area (Å²) in [7, 11) is 0. The first-order valence-corrected chi connectivity index (χ1v) is 9.15. The van der Waals surface area contributed by atoms with Crippen LogP contribution in [0.25, 0.3) is 16.8 Å². The number of halogens is 2. The molecule has 1 fully saturated rings. The average molecular weight is 378 g/mol. The van der Waals surface area contributed by atoms with Crippen LogP contribution in [0, 0.1) is 0 Å². The van der Waals surface area contributed by atoms with E-state index in [0.29, 0.717) is 22.6 Å². The predicted molar refractivity (Wildman–Crippen MR) is 91.9 cm³/mol. The number of aliphatic hydroxyl groups is 1. The highest BCUT2D eigenvalue weighted by Gasteiger charge is 2.32. The lowest BCUT2D eigenvalue weighted by atomic mass is 9.84. The number of fused-ring (bicyclic) bond motifs is 1. The van der Waals surface area contributed by atoms with Gasteiger partial charge in [-0.25, -0.2) is 9.50 Å². The SMILES string of the molecule is O=C(c1nc(-c2cnn3ccccc23)c(C2CCCCC2O)s1)N(F)F. The molecule has 136 valence electrons. The number of pyridine rings is 1. The molecule has 1 aliphatic carbocycles. The molecule has 0 radical (unpaired) electrons. The Hall–Kier alpha value is -2.39. The molecular formula is C17H16F2N4O2S. The van der Waals surface area contributed by atoms with Crippen molar-refractivity contribution in [1.29, 1.82) is 0 Å². The molecule has 2 unspecified atom stereocenters. The zero-order chi connectivity index (χ0) is 18.3. The van der Waals surface area contributed by atoms with E-state index in [1.165, 1.54) is 0 Å². The number of aromatic nitrogens is 3. The van der Waals surface area contributed by atoms with Crippen molar-refractivity contribution in [3.8, 4) is 11.3 Å². The summed E-state index contributed by atoms with van der Waals surface area (Å²) in [6.07, 6.45) is 6.07. The van der Waals surface area contributed by atoms with Gasteiger partial charge in [-0.2, -0.15) is 5.10 Å². The van der Waals surface area contributed by atoms with E-state index in [0.717, 1.165) is 36.1 Å². The number of hydrogen-bond acceptors (Lipinski definition) is 5. The number of hydrogen-bond donors (Lipinski definition) is 1. The molecule has 3 aromatic heterocycles. The maximum atomic E-state index is 12.8. The molecule has 0 aliphatic heterocycles. The monoisotopic (exact) mass is 378 g/mol. The quantitative estimate of drug-likeness (QED) is 0.706. The van der Waals surface area contributed by atoms with E-state index < -0.39 is 17.4 Å². The summed E-state index contributed by atoms with van der Waals surface area (Å²) in [6.45, 7) is 0. The largest absolute Gasteiger partial charge is 0.392 e. The first kappa shape index (κ1) is 17.0.